The summed E-state index contributed by atoms with van der Waals surface area (Å²) in [5.74, 6) is 0.440. The topological polar surface area (TPSA) is 57.8 Å². The molecule has 0 aliphatic heterocycles. The minimum Gasteiger partial charge on any atom is -0.326 e. The molecule has 0 saturated carbocycles. The number of para-hydroxylation sites is 1. The lowest BCUT2D eigenvalue weighted by atomic mass is 10.2. The van der Waals surface area contributed by atoms with E-state index in [1.807, 2.05) is 47.2 Å². The number of H-pyrrole nitrogens is 1. The molecular weight excluding hydrogens is 258 g/mol. The highest BCUT2D eigenvalue weighted by Gasteiger charge is 2.05. The van der Waals surface area contributed by atoms with Crippen molar-refractivity contribution in [2.45, 2.75) is 0 Å². The van der Waals surface area contributed by atoms with Crippen molar-refractivity contribution in [1.29, 1.82) is 0 Å². The van der Waals surface area contributed by atoms with Crippen LogP contribution >= 0.6 is 11.3 Å². The van der Waals surface area contributed by atoms with Crippen molar-refractivity contribution in [2.75, 3.05) is 5.32 Å². The molecular formula is C14H11N3OS. The third-order valence-electron chi connectivity index (χ3n) is 2.67. The SMILES string of the molecule is O=c1[nH]c(Nc2ccccc2)ncc1-c1ccsc1. The van der Waals surface area contributed by atoms with Gasteiger partial charge in [-0.2, -0.15) is 11.3 Å². The summed E-state index contributed by atoms with van der Waals surface area (Å²) in [5.41, 5.74) is 2.21. The molecule has 0 atom stereocenters. The van der Waals surface area contributed by atoms with Crippen molar-refractivity contribution in [3.05, 3.63) is 63.7 Å². The van der Waals surface area contributed by atoms with Crippen LogP contribution in [-0.4, -0.2) is 9.97 Å². The van der Waals surface area contributed by atoms with Crippen LogP contribution in [0.15, 0.2) is 58.1 Å². The second-order valence-corrected chi connectivity index (χ2v) is 4.76. The lowest BCUT2D eigenvalue weighted by Gasteiger charge is -2.05. The molecule has 3 aromatic rings. The van der Waals surface area contributed by atoms with E-state index < -0.39 is 0 Å². The van der Waals surface area contributed by atoms with Gasteiger partial charge in [-0.3, -0.25) is 9.78 Å². The molecule has 94 valence electrons. The smallest absolute Gasteiger partial charge is 0.260 e. The van der Waals surface area contributed by atoms with Crippen LogP contribution in [0.3, 0.4) is 0 Å². The molecule has 0 unspecified atom stereocenters. The summed E-state index contributed by atoms with van der Waals surface area (Å²) in [6.45, 7) is 0. The summed E-state index contributed by atoms with van der Waals surface area (Å²) >= 11 is 1.55. The van der Waals surface area contributed by atoms with E-state index in [-0.39, 0.29) is 5.56 Å². The van der Waals surface area contributed by atoms with Gasteiger partial charge < -0.3 is 5.32 Å². The highest BCUT2D eigenvalue weighted by atomic mass is 32.1. The van der Waals surface area contributed by atoms with Gasteiger partial charge in [0.25, 0.3) is 5.56 Å². The van der Waals surface area contributed by atoms with Gasteiger partial charge in [0, 0.05) is 11.9 Å². The van der Waals surface area contributed by atoms with E-state index in [1.165, 1.54) is 0 Å². The first-order valence-electron chi connectivity index (χ1n) is 5.77. The maximum absolute atomic E-state index is 12.0. The Balaban J connectivity index is 1.90. The summed E-state index contributed by atoms with van der Waals surface area (Å²) in [6.07, 6.45) is 1.59. The number of aromatic amines is 1. The van der Waals surface area contributed by atoms with Gasteiger partial charge in [0.15, 0.2) is 0 Å². The normalized spacial score (nSPS) is 10.3. The maximum Gasteiger partial charge on any atom is 0.260 e. The molecule has 0 bridgehead atoms. The largest absolute Gasteiger partial charge is 0.326 e. The number of aromatic nitrogens is 2. The number of thiophene rings is 1. The number of nitrogens with one attached hydrogen (secondary N) is 2. The third-order valence-corrected chi connectivity index (χ3v) is 3.35. The minimum atomic E-state index is -0.146. The molecule has 0 aliphatic rings. The fourth-order valence-corrected chi connectivity index (χ4v) is 2.40. The predicted molar refractivity (Wildman–Crippen MR) is 77.9 cm³/mol. The van der Waals surface area contributed by atoms with E-state index in [1.54, 1.807) is 17.5 Å². The van der Waals surface area contributed by atoms with Crippen molar-refractivity contribution in [3.63, 3.8) is 0 Å². The summed E-state index contributed by atoms with van der Waals surface area (Å²) in [4.78, 5) is 19.0. The Hall–Kier alpha value is -2.40. The van der Waals surface area contributed by atoms with Crippen molar-refractivity contribution in [3.8, 4) is 11.1 Å². The third kappa shape index (κ3) is 2.56. The quantitative estimate of drug-likeness (QED) is 0.767. The molecule has 0 amide bonds. The van der Waals surface area contributed by atoms with E-state index in [4.69, 9.17) is 0 Å². The van der Waals surface area contributed by atoms with E-state index in [0.717, 1.165) is 11.3 Å². The van der Waals surface area contributed by atoms with Crippen molar-refractivity contribution in [1.82, 2.24) is 9.97 Å². The molecule has 2 aromatic heterocycles. The second kappa shape index (κ2) is 5.07. The summed E-state index contributed by atoms with van der Waals surface area (Å²) in [6, 6.07) is 11.5. The molecule has 0 aliphatic carbocycles. The number of hydrogen-bond donors (Lipinski definition) is 2. The number of nitrogens with zero attached hydrogens (tertiary/aromatic N) is 1. The van der Waals surface area contributed by atoms with Gasteiger partial charge in [0.1, 0.15) is 0 Å². The van der Waals surface area contributed by atoms with Gasteiger partial charge in [-0.05, 0) is 34.5 Å². The highest BCUT2D eigenvalue weighted by molar-refractivity contribution is 7.08. The minimum absolute atomic E-state index is 0.146. The first-order chi connectivity index (χ1) is 9.33. The second-order valence-electron chi connectivity index (χ2n) is 3.98. The van der Waals surface area contributed by atoms with Crippen LogP contribution < -0.4 is 10.9 Å². The van der Waals surface area contributed by atoms with Gasteiger partial charge in [0.2, 0.25) is 5.95 Å². The molecule has 4 nitrogen and oxygen atoms in total. The van der Waals surface area contributed by atoms with Crippen LogP contribution in [0.1, 0.15) is 0 Å². The lowest BCUT2D eigenvalue weighted by Crippen LogP contribution is -2.12. The fraction of sp³-hybridized carbons (Fsp3) is 0. The average Bonchev–Trinajstić information content (AvgIpc) is 2.94. The van der Waals surface area contributed by atoms with Crippen LogP contribution in [0.5, 0.6) is 0 Å². The van der Waals surface area contributed by atoms with Crippen LogP contribution in [0.25, 0.3) is 11.1 Å². The number of rotatable bonds is 3. The van der Waals surface area contributed by atoms with E-state index >= 15 is 0 Å². The van der Waals surface area contributed by atoms with Gasteiger partial charge >= 0.3 is 0 Å². The van der Waals surface area contributed by atoms with Crippen molar-refractivity contribution in [2.24, 2.45) is 0 Å². The molecule has 0 fully saturated rings. The van der Waals surface area contributed by atoms with E-state index in [0.29, 0.717) is 11.5 Å². The molecule has 0 saturated heterocycles. The van der Waals surface area contributed by atoms with Crippen LogP contribution in [0.2, 0.25) is 0 Å². The van der Waals surface area contributed by atoms with Gasteiger partial charge in [-0.25, -0.2) is 4.98 Å². The molecule has 1 aromatic carbocycles. The van der Waals surface area contributed by atoms with Gasteiger partial charge in [-0.15, -0.1) is 0 Å². The number of anilines is 2. The van der Waals surface area contributed by atoms with Crippen LogP contribution in [-0.2, 0) is 0 Å². The molecule has 3 rings (SSSR count). The highest BCUT2D eigenvalue weighted by Crippen LogP contribution is 2.18. The molecule has 5 heteroatoms. The Bertz CT molecular complexity index is 720. The Morgan fingerprint density at radius 1 is 1.16 bits per heavy atom. The maximum atomic E-state index is 12.0. The zero-order valence-corrected chi connectivity index (χ0v) is 10.8. The van der Waals surface area contributed by atoms with Crippen LogP contribution in [0, 0.1) is 0 Å². The Morgan fingerprint density at radius 3 is 2.68 bits per heavy atom. The zero-order valence-electron chi connectivity index (χ0n) is 9.96. The van der Waals surface area contributed by atoms with Crippen molar-refractivity contribution >= 4 is 23.0 Å². The first kappa shape index (κ1) is 11.7. The Morgan fingerprint density at radius 2 is 2.00 bits per heavy atom. The molecule has 0 spiro atoms. The monoisotopic (exact) mass is 269 g/mol. The lowest BCUT2D eigenvalue weighted by molar-refractivity contribution is 1.12. The Labute approximate surface area is 113 Å². The standard InChI is InChI=1S/C14H11N3OS/c18-13-12(10-6-7-19-9-10)8-15-14(17-13)16-11-4-2-1-3-5-11/h1-9H,(H2,15,16,17,18). The predicted octanol–water partition coefficient (Wildman–Crippen LogP) is 3.24. The van der Waals surface area contributed by atoms with E-state index in [2.05, 4.69) is 15.3 Å². The van der Waals surface area contributed by atoms with E-state index in [9.17, 15) is 4.79 Å². The molecule has 19 heavy (non-hydrogen) atoms. The molecule has 2 heterocycles. The summed E-state index contributed by atoms with van der Waals surface area (Å²) in [5, 5.41) is 6.92. The van der Waals surface area contributed by atoms with Gasteiger partial charge in [-0.1, -0.05) is 18.2 Å². The summed E-state index contributed by atoms with van der Waals surface area (Å²) in [7, 11) is 0. The Kier molecular flexibility index (Phi) is 3.12. The average molecular weight is 269 g/mol. The fourth-order valence-electron chi connectivity index (χ4n) is 1.74. The van der Waals surface area contributed by atoms with Crippen LogP contribution in [0.4, 0.5) is 11.6 Å². The first-order valence-corrected chi connectivity index (χ1v) is 6.71. The molecule has 2 N–H and O–H groups in total. The number of benzene rings is 1. The summed E-state index contributed by atoms with van der Waals surface area (Å²) < 4.78 is 0. The van der Waals surface area contributed by atoms with Gasteiger partial charge in [0.05, 0.1) is 5.56 Å². The number of hydrogen-bond acceptors (Lipinski definition) is 4. The molecule has 0 radical (unpaired) electrons. The zero-order chi connectivity index (χ0) is 13.1. The van der Waals surface area contributed by atoms with Crippen molar-refractivity contribution < 1.29 is 0 Å².